The van der Waals surface area contributed by atoms with Gasteiger partial charge in [0.05, 0.1) is 0 Å². The predicted molar refractivity (Wildman–Crippen MR) is 34.4 cm³/mol. The molecule has 1 atom stereocenters. The molecular weight excluding hydrogens is 141 g/mol. The second kappa shape index (κ2) is 3.64. The van der Waals surface area contributed by atoms with Gasteiger partial charge in [-0.3, -0.25) is 0 Å². The van der Waals surface area contributed by atoms with E-state index in [4.69, 9.17) is 0 Å². The van der Waals surface area contributed by atoms with Crippen LogP contribution >= 0.6 is 0 Å². The lowest BCUT2D eigenvalue weighted by molar-refractivity contribution is 0.315. The quantitative estimate of drug-likeness (QED) is 0.569. The maximum atomic E-state index is 12.3. The van der Waals surface area contributed by atoms with E-state index in [1.165, 1.54) is 6.92 Å². The van der Waals surface area contributed by atoms with Crippen LogP contribution in [0.2, 0.25) is 0 Å². The molecule has 10 heavy (non-hydrogen) atoms. The van der Waals surface area contributed by atoms with Crippen molar-refractivity contribution in [2.45, 2.75) is 20.8 Å². The van der Waals surface area contributed by atoms with Gasteiger partial charge in [-0.2, -0.15) is 8.78 Å². The van der Waals surface area contributed by atoms with Gasteiger partial charge < -0.3 is 0 Å². The lowest BCUT2D eigenvalue weighted by atomic mass is 9.97. The third-order valence-electron chi connectivity index (χ3n) is 1.58. The van der Waals surface area contributed by atoms with E-state index in [-0.39, 0.29) is 5.92 Å². The lowest BCUT2D eigenvalue weighted by Gasteiger charge is -2.11. The van der Waals surface area contributed by atoms with E-state index in [0.717, 1.165) is 0 Å². The van der Waals surface area contributed by atoms with Crippen molar-refractivity contribution < 1.29 is 13.2 Å². The lowest BCUT2D eigenvalue weighted by Crippen LogP contribution is -2.04. The highest BCUT2D eigenvalue weighted by Gasteiger charge is 2.17. The molecule has 0 spiro atoms. The van der Waals surface area contributed by atoms with Gasteiger partial charge >= 0.3 is 6.08 Å². The summed E-state index contributed by atoms with van der Waals surface area (Å²) in [5.41, 5.74) is 0. The number of halogens is 3. The maximum Gasteiger partial charge on any atom is 0.301 e. The SMILES string of the molecule is CC(C)C(C)C(F)=C(F)F. The van der Waals surface area contributed by atoms with Gasteiger partial charge in [0.1, 0.15) is 0 Å². The summed E-state index contributed by atoms with van der Waals surface area (Å²) in [7, 11) is 0. The molecule has 0 aromatic carbocycles. The molecule has 0 fully saturated rings. The molecule has 0 bridgehead atoms. The number of rotatable bonds is 2. The van der Waals surface area contributed by atoms with Gasteiger partial charge in [0.25, 0.3) is 0 Å². The van der Waals surface area contributed by atoms with E-state index in [1.807, 2.05) is 0 Å². The smallest absolute Gasteiger partial charge is 0.206 e. The van der Waals surface area contributed by atoms with Crippen molar-refractivity contribution in [3.63, 3.8) is 0 Å². The van der Waals surface area contributed by atoms with E-state index >= 15 is 0 Å². The summed E-state index contributed by atoms with van der Waals surface area (Å²) in [6.07, 6.45) is -2.19. The number of hydrogen-bond acceptors (Lipinski definition) is 0. The zero-order valence-corrected chi connectivity index (χ0v) is 6.29. The molecule has 0 heterocycles. The summed E-state index contributed by atoms with van der Waals surface area (Å²) >= 11 is 0. The number of hydrogen-bond donors (Lipinski definition) is 0. The van der Waals surface area contributed by atoms with Crippen LogP contribution in [0.1, 0.15) is 20.8 Å². The van der Waals surface area contributed by atoms with Gasteiger partial charge in [-0.05, 0) is 5.92 Å². The van der Waals surface area contributed by atoms with E-state index in [2.05, 4.69) is 0 Å². The second-order valence-corrected chi connectivity index (χ2v) is 2.64. The molecule has 0 amide bonds. The average Bonchev–Trinajstić information content (AvgIpc) is 1.84. The van der Waals surface area contributed by atoms with Crippen LogP contribution in [0.5, 0.6) is 0 Å². The van der Waals surface area contributed by atoms with Crippen molar-refractivity contribution in [2.75, 3.05) is 0 Å². The largest absolute Gasteiger partial charge is 0.301 e. The summed E-state index contributed by atoms with van der Waals surface area (Å²) in [6, 6.07) is 0. The zero-order chi connectivity index (χ0) is 8.31. The Balaban J connectivity index is 4.22. The maximum absolute atomic E-state index is 12.3. The summed E-state index contributed by atoms with van der Waals surface area (Å²) in [5.74, 6) is -2.04. The van der Waals surface area contributed by atoms with Crippen molar-refractivity contribution in [3.8, 4) is 0 Å². The average molecular weight is 152 g/mol. The van der Waals surface area contributed by atoms with Gasteiger partial charge in [-0.25, -0.2) is 4.39 Å². The summed E-state index contributed by atoms with van der Waals surface area (Å²) in [6.45, 7) is 4.85. The molecule has 0 saturated heterocycles. The normalized spacial score (nSPS) is 13.5. The molecule has 0 aliphatic heterocycles. The summed E-state index contributed by atoms with van der Waals surface area (Å²) in [5, 5.41) is 0. The first-order chi connectivity index (χ1) is 4.46. The van der Waals surface area contributed by atoms with Crippen LogP contribution in [-0.2, 0) is 0 Å². The highest BCUT2D eigenvalue weighted by molar-refractivity contribution is 4.96. The molecule has 0 aliphatic rings. The Bertz CT molecular complexity index is 134. The molecule has 0 aliphatic carbocycles. The Labute approximate surface area is 58.7 Å². The standard InChI is InChI=1S/C7H11F3/c1-4(2)5(3)6(8)7(9)10/h4-5H,1-3H3. The van der Waals surface area contributed by atoms with Gasteiger partial charge in [0.2, 0.25) is 0 Å². The number of allylic oxidation sites excluding steroid dienone is 1. The van der Waals surface area contributed by atoms with Crippen molar-refractivity contribution in [3.05, 3.63) is 11.9 Å². The Morgan fingerprint density at radius 3 is 1.50 bits per heavy atom. The van der Waals surface area contributed by atoms with Crippen molar-refractivity contribution >= 4 is 0 Å². The van der Waals surface area contributed by atoms with Crippen LogP contribution in [0.25, 0.3) is 0 Å². The Morgan fingerprint density at radius 2 is 1.40 bits per heavy atom. The zero-order valence-electron chi connectivity index (χ0n) is 6.29. The third-order valence-corrected chi connectivity index (χ3v) is 1.58. The summed E-state index contributed by atoms with van der Waals surface area (Å²) < 4.78 is 35.4. The minimum Gasteiger partial charge on any atom is -0.206 e. The van der Waals surface area contributed by atoms with E-state index < -0.39 is 17.8 Å². The Morgan fingerprint density at radius 1 is 1.00 bits per heavy atom. The minimum absolute atomic E-state index is 0.0819. The predicted octanol–water partition coefficient (Wildman–Crippen LogP) is 3.36. The Hall–Kier alpha value is -0.470. The van der Waals surface area contributed by atoms with Crippen molar-refractivity contribution in [2.24, 2.45) is 11.8 Å². The topological polar surface area (TPSA) is 0 Å². The van der Waals surface area contributed by atoms with Gasteiger partial charge in [-0.1, -0.05) is 20.8 Å². The van der Waals surface area contributed by atoms with E-state index in [0.29, 0.717) is 0 Å². The molecule has 60 valence electrons. The van der Waals surface area contributed by atoms with Gasteiger partial charge in [-0.15, -0.1) is 0 Å². The fraction of sp³-hybridized carbons (Fsp3) is 0.714. The first kappa shape index (κ1) is 9.53. The molecule has 0 N–H and O–H groups in total. The molecule has 0 nitrogen and oxygen atoms in total. The molecule has 0 saturated carbocycles. The monoisotopic (exact) mass is 152 g/mol. The van der Waals surface area contributed by atoms with Crippen LogP contribution in [0, 0.1) is 11.8 Å². The van der Waals surface area contributed by atoms with Crippen molar-refractivity contribution in [1.29, 1.82) is 0 Å². The van der Waals surface area contributed by atoms with Crippen molar-refractivity contribution in [1.82, 2.24) is 0 Å². The Kier molecular flexibility index (Phi) is 3.47. The highest BCUT2D eigenvalue weighted by atomic mass is 19.3. The molecule has 3 heteroatoms. The molecule has 0 rings (SSSR count). The second-order valence-electron chi connectivity index (χ2n) is 2.64. The highest BCUT2D eigenvalue weighted by Crippen LogP contribution is 2.24. The van der Waals surface area contributed by atoms with E-state index in [1.54, 1.807) is 13.8 Å². The van der Waals surface area contributed by atoms with Crippen LogP contribution in [0.3, 0.4) is 0 Å². The fourth-order valence-corrected chi connectivity index (χ4v) is 0.465. The van der Waals surface area contributed by atoms with Gasteiger partial charge in [0, 0.05) is 5.92 Å². The molecule has 1 unspecified atom stereocenters. The molecule has 0 aromatic rings. The van der Waals surface area contributed by atoms with Crippen LogP contribution in [0.4, 0.5) is 13.2 Å². The molecule has 0 radical (unpaired) electrons. The van der Waals surface area contributed by atoms with Crippen LogP contribution in [-0.4, -0.2) is 0 Å². The molecule has 0 aromatic heterocycles. The minimum atomic E-state index is -2.19. The first-order valence-electron chi connectivity index (χ1n) is 3.17. The first-order valence-corrected chi connectivity index (χ1v) is 3.17. The summed E-state index contributed by atoms with van der Waals surface area (Å²) in [4.78, 5) is 0. The third kappa shape index (κ3) is 2.42. The van der Waals surface area contributed by atoms with E-state index in [9.17, 15) is 13.2 Å². The molecular formula is C7H11F3. The van der Waals surface area contributed by atoms with Crippen LogP contribution in [0.15, 0.2) is 11.9 Å². The van der Waals surface area contributed by atoms with Gasteiger partial charge in [0.15, 0.2) is 5.83 Å². The van der Waals surface area contributed by atoms with Crippen LogP contribution < -0.4 is 0 Å². The fourth-order valence-electron chi connectivity index (χ4n) is 0.465.